The predicted molar refractivity (Wildman–Crippen MR) is 116 cm³/mol. The van der Waals surface area contributed by atoms with Gasteiger partial charge in [-0.25, -0.2) is 0 Å². The van der Waals surface area contributed by atoms with Gasteiger partial charge < -0.3 is 5.32 Å². The van der Waals surface area contributed by atoms with E-state index in [9.17, 15) is 4.79 Å². The fourth-order valence-electron chi connectivity index (χ4n) is 3.09. The van der Waals surface area contributed by atoms with Crippen molar-refractivity contribution in [3.63, 3.8) is 0 Å². The summed E-state index contributed by atoms with van der Waals surface area (Å²) in [4.78, 5) is 18.3. The lowest BCUT2D eigenvalue weighted by atomic mass is 9.98. The Balaban J connectivity index is 2.25. The number of nitrogens with zero attached hydrogens (tertiary/aromatic N) is 1. The highest BCUT2D eigenvalue weighted by Crippen LogP contribution is 2.40. The van der Waals surface area contributed by atoms with Gasteiger partial charge in [0, 0.05) is 34.5 Å². The Morgan fingerprint density at radius 2 is 2.23 bits per heavy atom. The van der Waals surface area contributed by atoms with Crippen molar-refractivity contribution in [2.24, 2.45) is 11.8 Å². The van der Waals surface area contributed by atoms with E-state index < -0.39 is 0 Å². The molecule has 0 radical (unpaired) electrons. The predicted octanol–water partition coefficient (Wildman–Crippen LogP) is 5.71. The van der Waals surface area contributed by atoms with Gasteiger partial charge in [-0.2, -0.15) is 11.8 Å². The molecule has 1 unspecified atom stereocenters. The maximum atomic E-state index is 12.9. The molecule has 26 heavy (non-hydrogen) atoms. The number of nitrogens with one attached hydrogen (secondary N) is 1. The topological polar surface area (TPSA) is 42.0 Å². The molecule has 1 aliphatic rings. The number of carbonyl (C=O) groups is 1. The molecule has 0 bridgehead atoms. The average molecular weight is 391 g/mol. The summed E-state index contributed by atoms with van der Waals surface area (Å²) in [5.74, 6) is 1.53. The van der Waals surface area contributed by atoms with Crippen molar-refractivity contribution in [2.75, 3.05) is 12.0 Å². The SMILES string of the molecule is CCCC(CSC)C(=O)NC1=C(C(C)C)CCC=C(c2cccnc2)S1. The molecule has 0 aliphatic carbocycles. The van der Waals surface area contributed by atoms with Crippen LogP contribution in [0.4, 0.5) is 0 Å². The molecule has 0 aromatic carbocycles. The second-order valence-electron chi connectivity index (χ2n) is 6.89. The maximum Gasteiger partial charge on any atom is 0.228 e. The zero-order valence-corrected chi connectivity index (χ0v) is 17.9. The summed E-state index contributed by atoms with van der Waals surface area (Å²) in [5, 5.41) is 4.32. The van der Waals surface area contributed by atoms with Crippen LogP contribution in [0.25, 0.3) is 4.91 Å². The Hall–Kier alpha value is -1.20. The highest BCUT2D eigenvalue weighted by atomic mass is 32.2. The summed E-state index contributed by atoms with van der Waals surface area (Å²) >= 11 is 3.43. The summed E-state index contributed by atoms with van der Waals surface area (Å²) in [6.45, 7) is 6.56. The van der Waals surface area contributed by atoms with Crippen LogP contribution in [0.1, 0.15) is 52.0 Å². The second kappa shape index (κ2) is 10.8. The van der Waals surface area contributed by atoms with Gasteiger partial charge in [-0.3, -0.25) is 9.78 Å². The largest absolute Gasteiger partial charge is 0.320 e. The number of carbonyl (C=O) groups excluding carboxylic acids is 1. The molecule has 0 saturated heterocycles. The first-order chi connectivity index (χ1) is 12.6. The number of rotatable bonds is 8. The average Bonchev–Trinajstić information content (AvgIpc) is 2.85. The molecular weight excluding hydrogens is 360 g/mol. The molecule has 1 aromatic rings. The number of thioether (sulfide) groups is 2. The lowest BCUT2D eigenvalue weighted by Gasteiger charge is -2.21. The zero-order chi connectivity index (χ0) is 18.9. The van der Waals surface area contributed by atoms with E-state index in [1.165, 1.54) is 10.5 Å². The quantitative estimate of drug-likeness (QED) is 0.617. The Morgan fingerprint density at radius 3 is 2.85 bits per heavy atom. The molecule has 2 rings (SSSR count). The molecular formula is C21H30N2OS2. The molecule has 3 nitrogen and oxygen atoms in total. The van der Waals surface area contributed by atoms with Crippen LogP contribution in [0.5, 0.6) is 0 Å². The fourth-order valence-corrected chi connectivity index (χ4v) is 5.09. The summed E-state index contributed by atoms with van der Waals surface area (Å²) in [6.07, 6.45) is 12.0. The number of pyridine rings is 1. The van der Waals surface area contributed by atoms with Crippen LogP contribution in [-0.4, -0.2) is 22.9 Å². The van der Waals surface area contributed by atoms with Crippen LogP contribution in [-0.2, 0) is 4.79 Å². The van der Waals surface area contributed by atoms with Gasteiger partial charge >= 0.3 is 0 Å². The fraction of sp³-hybridized carbons (Fsp3) is 0.524. The van der Waals surface area contributed by atoms with E-state index in [1.54, 1.807) is 29.7 Å². The van der Waals surface area contributed by atoms with Gasteiger partial charge in [0.15, 0.2) is 0 Å². The van der Waals surface area contributed by atoms with Gasteiger partial charge in [-0.05, 0) is 43.1 Å². The third-order valence-corrected chi connectivity index (χ3v) is 6.43. The van der Waals surface area contributed by atoms with E-state index in [2.05, 4.69) is 49.5 Å². The minimum absolute atomic E-state index is 0.0746. The van der Waals surface area contributed by atoms with Crippen molar-refractivity contribution in [1.82, 2.24) is 10.3 Å². The third-order valence-electron chi connectivity index (χ3n) is 4.50. The van der Waals surface area contributed by atoms with Crippen molar-refractivity contribution in [2.45, 2.75) is 46.5 Å². The van der Waals surface area contributed by atoms with Crippen LogP contribution in [0, 0.1) is 11.8 Å². The Morgan fingerprint density at radius 1 is 1.42 bits per heavy atom. The van der Waals surface area contributed by atoms with E-state index in [1.807, 2.05) is 12.3 Å². The molecule has 0 fully saturated rings. The summed E-state index contributed by atoms with van der Waals surface area (Å²) in [5.41, 5.74) is 2.46. The van der Waals surface area contributed by atoms with E-state index in [0.717, 1.165) is 42.0 Å². The molecule has 0 spiro atoms. The first-order valence-corrected chi connectivity index (χ1v) is 11.6. The van der Waals surface area contributed by atoms with Crippen LogP contribution in [0.15, 0.2) is 41.2 Å². The summed E-state index contributed by atoms with van der Waals surface area (Å²) in [6, 6.07) is 4.04. The van der Waals surface area contributed by atoms with Crippen molar-refractivity contribution in [3.05, 3.63) is 46.8 Å². The number of allylic oxidation sites excluding steroid dienone is 2. The molecule has 0 saturated carbocycles. The highest BCUT2D eigenvalue weighted by molar-refractivity contribution is 8.11. The van der Waals surface area contributed by atoms with E-state index in [4.69, 9.17) is 0 Å². The maximum absolute atomic E-state index is 12.9. The van der Waals surface area contributed by atoms with Crippen LogP contribution < -0.4 is 5.32 Å². The molecule has 1 amide bonds. The summed E-state index contributed by atoms with van der Waals surface area (Å²) < 4.78 is 0. The first kappa shape index (κ1) is 21.1. The van der Waals surface area contributed by atoms with Gasteiger partial charge in [0.1, 0.15) is 0 Å². The first-order valence-electron chi connectivity index (χ1n) is 9.38. The van der Waals surface area contributed by atoms with Gasteiger partial charge in [0.25, 0.3) is 0 Å². The molecule has 5 heteroatoms. The number of aromatic nitrogens is 1. The van der Waals surface area contributed by atoms with Gasteiger partial charge in [-0.15, -0.1) is 0 Å². The van der Waals surface area contributed by atoms with Crippen molar-refractivity contribution in [1.29, 1.82) is 0 Å². The van der Waals surface area contributed by atoms with Crippen molar-refractivity contribution >= 4 is 34.3 Å². The van der Waals surface area contributed by atoms with Crippen molar-refractivity contribution < 1.29 is 4.79 Å². The molecule has 1 aromatic heterocycles. The van der Waals surface area contributed by atoms with E-state index in [-0.39, 0.29) is 11.8 Å². The lowest BCUT2D eigenvalue weighted by Crippen LogP contribution is -2.31. The Bertz CT molecular complexity index is 647. The normalized spacial score (nSPS) is 16.3. The van der Waals surface area contributed by atoms with Crippen LogP contribution >= 0.6 is 23.5 Å². The minimum atomic E-state index is 0.0746. The number of hydrogen-bond acceptors (Lipinski definition) is 4. The molecule has 1 N–H and O–H groups in total. The van der Waals surface area contributed by atoms with Crippen LogP contribution in [0.2, 0.25) is 0 Å². The Kier molecular flexibility index (Phi) is 8.79. The standard InChI is InChI=1S/C21H30N2OS2/c1-5-8-17(14-25-4)20(24)23-21-18(15(2)3)10-6-11-19(26-21)16-9-7-12-22-13-16/h7,9,11-13,15,17H,5-6,8,10,14H2,1-4H3,(H,23,24). The summed E-state index contributed by atoms with van der Waals surface area (Å²) in [7, 11) is 0. The highest BCUT2D eigenvalue weighted by Gasteiger charge is 2.23. The third kappa shape index (κ3) is 5.92. The van der Waals surface area contributed by atoms with E-state index in [0.29, 0.717) is 5.92 Å². The van der Waals surface area contributed by atoms with Gasteiger partial charge in [-0.1, -0.05) is 51.1 Å². The van der Waals surface area contributed by atoms with E-state index >= 15 is 0 Å². The van der Waals surface area contributed by atoms with Gasteiger partial charge in [0.2, 0.25) is 5.91 Å². The smallest absolute Gasteiger partial charge is 0.228 e. The lowest BCUT2D eigenvalue weighted by molar-refractivity contribution is -0.123. The number of hydrogen-bond donors (Lipinski definition) is 1. The Labute approximate surface area is 166 Å². The molecule has 1 atom stereocenters. The second-order valence-corrected chi connectivity index (χ2v) is 8.85. The number of amides is 1. The minimum Gasteiger partial charge on any atom is -0.320 e. The van der Waals surface area contributed by atoms with Crippen molar-refractivity contribution in [3.8, 4) is 0 Å². The zero-order valence-electron chi connectivity index (χ0n) is 16.2. The molecule has 2 heterocycles. The molecule has 1 aliphatic heterocycles. The monoisotopic (exact) mass is 390 g/mol. The molecule has 142 valence electrons. The van der Waals surface area contributed by atoms with Gasteiger partial charge in [0.05, 0.1) is 5.03 Å². The van der Waals surface area contributed by atoms with Crippen LogP contribution in [0.3, 0.4) is 0 Å².